The Bertz CT molecular complexity index is 834. The summed E-state index contributed by atoms with van der Waals surface area (Å²) >= 11 is 0. The molecular formula is C21H25NO5. The van der Waals surface area contributed by atoms with Crippen LogP contribution < -0.4 is 9.47 Å². The quantitative estimate of drug-likeness (QED) is 0.641. The van der Waals surface area contributed by atoms with Crippen LogP contribution in [0.3, 0.4) is 0 Å². The highest BCUT2D eigenvalue weighted by Crippen LogP contribution is 2.62. The summed E-state index contributed by atoms with van der Waals surface area (Å²) in [6.45, 7) is 2.40. The van der Waals surface area contributed by atoms with Crippen LogP contribution in [0.5, 0.6) is 11.5 Å². The molecule has 1 N–H and O–H groups in total. The zero-order valence-corrected chi connectivity index (χ0v) is 15.8. The Balaban J connectivity index is 1.67. The summed E-state index contributed by atoms with van der Waals surface area (Å²) in [5.41, 5.74) is 2.33. The molecule has 5 rings (SSSR count). The largest absolute Gasteiger partial charge is 0.493 e. The van der Waals surface area contributed by atoms with Crippen molar-refractivity contribution in [2.24, 2.45) is 5.92 Å². The molecule has 1 aromatic carbocycles. The van der Waals surface area contributed by atoms with Crippen LogP contribution >= 0.6 is 0 Å². The normalized spacial score (nSPS) is 36.6. The zero-order valence-electron chi connectivity index (χ0n) is 15.8. The van der Waals surface area contributed by atoms with Gasteiger partial charge in [-0.05, 0) is 51.1 Å². The van der Waals surface area contributed by atoms with Crippen molar-refractivity contribution in [1.82, 2.24) is 4.90 Å². The predicted molar refractivity (Wildman–Crippen MR) is 98.0 cm³/mol. The second-order valence-electron chi connectivity index (χ2n) is 8.20. The van der Waals surface area contributed by atoms with Crippen molar-refractivity contribution < 1.29 is 24.1 Å². The molecular weight excluding hydrogens is 346 g/mol. The third-order valence-electron chi connectivity index (χ3n) is 6.93. The Morgan fingerprint density at radius 3 is 2.96 bits per heavy atom. The number of hydrogen-bond donors (Lipinski definition) is 1. The molecule has 6 atom stereocenters. The van der Waals surface area contributed by atoms with Gasteiger partial charge in [-0.15, -0.1) is 0 Å². The molecule has 2 aliphatic carbocycles. The number of methoxy groups -OCH3 is 1. The van der Waals surface area contributed by atoms with E-state index in [0.29, 0.717) is 12.0 Å². The highest BCUT2D eigenvalue weighted by molar-refractivity contribution is 5.74. The van der Waals surface area contributed by atoms with Gasteiger partial charge in [0.05, 0.1) is 7.11 Å². The molecule has 0 saturated carbocycles. The molecule has 2 bridgehead atoms. The van der Waals surface area contributed by atoms with Crippen LogP contribution in [-0.2, 0) is 21.4 Å². The van der Waals surface area contributed by atoms with Crippen molar-refractivity contribution in [2.75, 3.05) is 20.7 Å². The first-order valence-electron chi connectivity index (χ1n) is 9.61. The Kier molecular flexibility index (Phi) is 3.62. The average molecular weight is 371 g/mol. The van der Waals surface area contributed by atoms with E-state index >= 15 is 0 Å². The van der Waals surface area contributed by atoms with Crippen LogP contribution in [0.1, 0.15) is 24.5 Å². The van der Waals surface area contributed by atoms with Gasteiger partial charge >= 0.3 is 5.97 Å². The molecule has 144 valence electrons. The molecule has 2 aliphatic heterocycles. The first kappa shape index (κ1) is 17.1. The second-order valence-corrected chi connectivity index (χ2v) is 8.20. The number of esters is 1. The van der Waals surface area contributed by atoms with Crippen molar-refractivity contribution in [2.45, 2.75) is 49.5 Å². The Morgan fingerprint density at radius 2 is 2.22 bits per heavy atom. The van der Waals surface area contributed by atoms with Crippen molar-refractivity contribution >= 4 is 5.97 Å². The van der Waals surface area contributed by atoms with E-state index in [1.54, 1.807) is 7.11 Å². The molecule has 0 radical (unpaired) electrons. The molecule has 6 nitrogen and oxygen atoms in total. The van der Waals surface area contributed by atoms with Crippen LogP contribution in [0.4, 0.5) is 0 Å². The molecule has 27 heavy (non-hydrogen) atoms. The number of likely N-dealkylation sites (N-methyl/N-ethyl adjacent to an activating group) is 1. The van der Waals surface area contributed by atoms with Gasteiger partial charge in [0.15, 0.2) is 17.6 Å². The molecule has 0 aromatic heterocycles. The summed E-state index contributed by atoms with van der Waals surface area (Å²) in [6, 6.07) is 4.53. The van der Waals surface area contributed by atoms with Gasteiger partial charge in [-0.2, -0.15) is 0 Å². The van der Waals surface area contributed by atoms with Gasteiger partial charge < -0.3 is 24.2 Å². The third kappa shape index (κ3) is 2.11. The fourth-order valence-corrected chi connectivity index (χ4v) is 5.70. The maximum atomic E-state index is 12.1. The van der Waals surface area contributed by atoms with E-state index < -0.39 is 18.2 Å². The van der Waals surface area contributed by atoms with Gasteiger partial charge in [-0.1, -0.05) is 12.1 Å². The lowest BCUT2D eigenvalue weighted by Gasteiger charge is -2.56. The summed E-state index contributed by atoms with van der Waals surface area (Å²) in [5, 5.41) is 9.60. The minimum atomic E-state index is -1.15. The first-order chi connectivity index (χ1) is 13.0. The average Bonchev–Trinajstić information content (AvgIpc) is 3.00. The van der Waals surface area contributed by atoms with E-state index in [9.17, 15) is 9.90 Å². The Labute approximate surface area is 158 Å². The summed E-state index contributed by atoms with van der Waals surface area (Å²) in [4.78, 5) is 14.5. The summed E-state index contributed by atoms with van der Waals surface area (Å²) < 4.78 is 17.7. The van der Waals surface area contributed by atoms with Gasteiger partial charge in [-0.25, -0.2) is 4.79 Å². The van der Waals surface area contributed by atoms with E-state index in [2.05, 4.69) is 24.1 Å². The lowest BCUT2D eigenvalue weighted by Crippen LogP contribution is -2.65. The number of ether oxygens (including phenoxy) is 3. The molecule has 2 heterocycles. The van der Waals surface area contributed by atoms with Crippen molar-refractivity contribution in [1.29, 1.82) is 0 Å². The van der Waals surface area contributed by atoms with E-state index in [-0.39, 0.29) is 11.5 Å². The summed E-state index contributed by atoms with van der Waals surface area (Å²) in [5.74, 6) is 1.22. The molecule has 1 spiro atoms. The number of likely N-dealkylation sites (tertiary alicyclic amines) is 1. The Hall–Kier alpha value is -2.05. The number of carbonyl (C=O) groups is 1. The molecule has 1 fully saturated rings. The standard InChI is InChI=1S/C21H25NO5/c1-11(23)20(24)26-16-7-5-13-14-10-12-4-6-15(25-3)18-17(12)21(13,19(16)27-18)8-9-22(14)2/h4-7,11,13-14,16,19,23H,8-10H2,1-3H3/t11?,13-,14+,16-,19-,21-/m0/s1. The molecule has 1 saturated heterocycles. The Morgan fingerprint density at radius 1 is 1.41 bits per heavy atom. The number of aliphatic hydroxyl groups is 1. The molecule has 1 aromatic rings. The molecule has 4 aliphatic rings. The van der Waals surface area contributed by atoms with Crippen molar-refractivity contribution in [3.8, 4) is 11.5 Å². The predicted octanol–water partition coefficient (Wildman–Crippen LogP) is 1.43. The van der Waals surface area contributed by atoms with Crippen LogP contribution in [0.15, 0.2) is 24.3 Å². The number of nitrogens with zero attached hydrogens (tertiary/aromatic N) is 1. The van der Waals surface area contributed by atoms with E-state index in [0.717, 1.165) is 30.9 Å². The minimum Gasteiger partial charge on any atom is -0.493 e. The summed E-state index contributed by atoms with van der Waals surface area (Å²) in [7, 11) is 3.84. The van der Waals surface area contributed by atoms with Gasteiger partial charge in [0.25, 0.3) is 0 Å². The molecule has 1 unspecified atom stereocenters. The van der Waals surface area contributed by atoms with Crippen LogP contribution in [0, 0.1) is 5.92 Å². The van der Waals surface area contributed by atoms with Gasteiger partial charge in [-0.3, -0.25) is 0 Å². The highest BCUT2D eigenvalue weighted by Gasteiger charge is 2.65. The van der Waals surface area contributed by atoms with Crippen molar-refractivity contribution in [3.05, 3.63) is 35.4 Å². The third-order valence-corrected chi connectivity index (χ3v) is 6.93. The summed E-state index contributed by atoms with van der Waals surface area (Å²) in [6.07, 6.45) is 4.11. The fraction of sp³-hybridized carbons (Fsp3) is 0.571. The lowest BCUT2D eigenvalue weighted by molar-refractivity contribution is -0.163. The SMILES string of the molecule is COc1ccc2c3c1O[C@H]1[C@@H](OC(=O)C(C)O)C=C[C@H]4[C@@H](C2)N(C)CC[C@@]341. The van der Waals surface area contributed by atoms with Gasteiger partial charge in [0, 0.05) is 22.9 Å². The number of carbonyl (C=O) groups excluding carboxylic acids is 1. The number of piperidine rings is 1. The maximum Gasteiger partial charge on any atom is 0.335 e. The minimum absolute atomic E-state index is 0.215. The maximum absolute atomic E-state index is 12.1. The molecule has 0 amide bonds. The van der Waals surface area contributed by atoms with Crippen LogP contribution in [0.25, 0.3) is 0 Å². The molecule has 6 heteroatoms. The topological polar surface area (TPSA) is 68.2 Å². The zero-order chi connectivity index (χ0) is 18.9. The van der Waals surface area contributed by atoms with Gasteiger partial charge in [0.2, 0.25) is 0 Å². The number of rotatable bonds is 3. The van der Waals surface area contributed by atoms with Crippen LogP contribution in [-0.4, -0.2) is 61.0 Å². The smallest absolute Gasteiger partial charge is 0.335 e. The van der Waals surface area contributed by atoms with Crippen LogP contribution in [0.2, 0.25) is 0 Å². The number of benzene rings is 1. The highest BCUT2D eigenvalue weighted by atomic mass is 16.6. The number of hydrogen-bond acceptors (Lipinski definition) is 6. The fourth-order valence-electron chi connectivity index (χ4n) is 5.70. The van der Waals surface area contributed by atoms with E-state index in [1.807, 2.05) is 12.1 Å². The second kappa shape index (κ2) is 5.72. The monoisotopic (exact) mass is 371 g/mol. The first-order valence-corrected chi connectivity index (χ1v) is 9.61. The van der Waals surface area contributed by atoms with Crippen molar-refractivity contribution in [3.63, 3.8) is 0 Å². The van der Waals surface area contributed by atoms with E-state index in [4.69, 9.17) is 14.2 Å². The lowest BCUT2D eigenvalue weighted by atomic mass is 9.53. The van der Waals surface area contributed by atoms with E-state index in [1.165, 1.54) is 18.1 Å². The van der Waals surface area contributed by atoms with Gasteiger partial charge in [0.1, 0.15) is 12.2 Å². The number of aliphatic hydroxyl groups excluding tert-OH is 1.